The van der Waals surface area contributed by atoms with E-state index in [1.165, 1.54) is 0 Å². The first-order valence-corrected chi connectivity index (χ1v) is 8.94. The minimum Gasteiger partial charge on any atom is -0.480 e. The van der Waals surface area contributed by atoms with Gasteiger partial charge in [-0.05, 0) is 30.2 Å². The number of halogens is 2. The second-order valence-electron chi connectivity index (χ2n) is 5.13. The lowest BCUT2D eigenvalue weighted by molar-refractivity contribution is -0.139. The molecule has 0 radical (unpaired) electrons. The molecule has 8 heteroatoms. The number of hydrogen-bond acceptors (Lipinski definition) is 4. The van der Waals surface area contributed by atoms with Gasteiger partial charge in [0.15, 0.2) is 9.84 Å². The summed E-state index contributed by atoms with van der Waals surface area (Å²) in [6, 6.07) is 4.70. The van der Waals surface area contributed by atoms with Gasteiger partial charge in [-0.3, -0.25) is 9.69 Å². The first-order valence-electron chi connectivity index (χ1n) is 6.36. The topological polar surface area (TPSA) is 74.7 Å². The van der Waals surface area contributed by atoms with Crippen LogP contribution in [-0.4, -0.2) is 48.5 Å². The molecule has 5 nitrogen and oxygen atoms in total. The molecule has 1 heterocycles. The fourth-order valence-corrected chi connectivity index (χ4v) is 4.82. The predicted octanol–water partition coefficient (Wildman–Crippen LogP) is 2.07. The van der Waals surface area contributed by atoms with Crippen molar-refractivity contribution in [2.75, 3.05) is 18.1 Å². The van der Waals surface area contributed by atoms with Crippen molar-refractivity contribution in [3.05, 3.63) is 33.8 Å². The fourth-order valence-electron chi connectivity index (χ4n) is 2.49. The molecule has 1 fully saturated rings. The maximum atomic E-state index is 11.6. The first kappa shape index (κ1) is 16.5. The molecule has 2 rings (SSSR count). The quantitative estimate of drug-likeness (QED) is 0.878. The summed E-state index contributed by atoms with van der Waals surface area (Å²) >= 11 is 11.9. The molecule has 1 atom stereocenters. The SMILES string of the molecule is O=C(O)CN(Cc1cc(Cl)cc(Cl)c1)C1CCS(=O)(=O)C1. The van der Waals surface area contributed by atoms with Crippen LogP contribution in [0, 0.1) is 0 Å². The molecule has 1 aromatic carbocycles. The van der Waals surface area contributed by atoms with Crippen molar-refractivity contribution < 1.29 is 18.3 Å². The van der Waals surface area contributed by atoms with Crippen molar-refractivity contribution in [1.29, 1.82) is 0 Å². The van der Waals surface area contributed by atoms with Gasteiger partial charge in [-0.2, -0.15) is 0 Å². The van der Waals surface area contributed by atoms with E-state index in [2.05, 4.69) is 0 Å². The van der Waals surface area contributed by atoms with Crippen LogP contribution in [0.15, 0.2) is 18.2 Å². The molecule has 0 saturated carbocycles. The molecule has 1 aromatic rings. The average Bonchev–Trinajstić information content (AvgIpc) is 2.67. The Labute approximate surface area is 133 Å². The Hall–Kier alpha value is -0.820. The molecule has 21 heavy (non-hydrogen) atoms. The Morgan fingerprint density at radius 1 is 1.29 bits per heavy atom. The van der Waals surface area contributed by atoms with E-state index >= 15 is 0 Å². The van der Waals surface area contributed by atoms with Gasteiger partial charge in [0, 0.05) is 22.6 Å². The zero-order chi connectivity index (χ0) is 15.6. The van der Waals surface area contributed by atoms with E-state index in [0.29, 0.717) is 23.0 Å². The molecular formula is C13H15Cl2NO4S. The summed E-state index contributed by atoms with van der Waals surface area (Å²) in [5.41, 5.74) is 0.762. The highest BCUT2D eigenvalue weighted by Crippen LogP contribution is 2.23. The lowest BCUT2D eigenvalue weighted by atomic mass is 10.1. The van der Waals surface area contributed by atoms with Crippen molar-refractivity contribution in [3.8, 4) is 0 Å². The number of nitrogens with zero attached hydrogens (tertiary/aromatic N) is 1. The number of aliphatic carboxylic acids is 1. The van der Waals surface area contributed by atoms with Gasteiger partial charge in [-0.25, -0.2) is 8.42 Å². The summed E-state index contributed by atoms with van der Waals surface area (Å²) in [7, 11) is -3.07. The monoisotopic (exact) mass is 351 g/mol. The fraction of sp³-hybridized carbons (Fsp3) is 0.462. The standard InChI is InChI=1S/C13H15Cl2NO4S/c14-10-3-9(4-11(15)5-10)6-16(7-13(17)18)12-1-2-21(19,20)8-12/h3-5,12H,1-2,6-8H2,(H,17,18). The van der Waals surface area contributed by atoms with Crippen LogP contribution in [0.4, 0.5) is 0 Å². The minimum absolute atomic E-state index is 0.00538. The predicted molar refractivity (Wildman–Crippen MR) is 81.6 cm³/mol. The van der Waals surface area contributed by atoms with E-state index in [9.17, 15) is 13.2 Å². The second kappa shape index (κ2) is 6.52. The summed E-state index contributed by atoms with van der Waals surface area (Å²) in [5, 5.41) is 9.95. The maximum Gasteiger partial charge on any atom is 0.317 e. The Bertz CT molecular complexity index is 627. The van der Waals surface area contributed by atoms with Crippen LogP contribution in [-0.2, 0) is 21.2 Å². The van der Waals surface area contributed by atoms with Crippen LogP contribution in [0.2, 0.25) is 10.0 Å². The van der Waals surface area contributed by atoms with E-state index in [-0.39, 0.29) is 24.1 Å². The van der Waals surface area contributed by atoms with E-state index in [1.807, 2.05) is 0 Å². The Balaban J connectivity index is 2.18. The van der Waals surface area contributed by atoms with Crippen molar-refractivity contribution in [2.45, 2.75) is 19.0 Å². The molecule has 0 bridgehead atoms. The summed E-state index contributed by atoms with van der Waals surface area (Å²) in [6.45, 7) is 0.0804. The Morgan fingerprint density at radius 2 is 1.90 bits per heavy atom. The average molecular weight is 352 g/mol. The highest BCUT2D eigenvalue weighted by atomic mass is 35.5. The summed E-state index contributed by atoms with van der Waals surface area (Å²) in [6.07, 6.45) is 0.448. The van der Waals surface area contributed by atoms with Gasteiger partial charge >= 0.3 is 5.97 Å². The van der Waals surface area contributed by atoms with Gasteiger partial charge in [0.2, 0.25) is 0 Å². The summed E-state index contributed by atoms with van der Waals surface area (Å²) in [5.74, 6) is -0.897. The molecule has 1 aliphatic rings. The van der Waals surface area contributed by atoms with Gasteiger partial charge < -0.3 is 5.11 Å². The molecule has 1 aliphatic heterocycles. The second-order valence-corrected chi connectivity index (χ2v) is 8.23. The molecular weight excluding hydrogens is 337 g/mol. The highest BCUT2D eigenvalue weighted by Gasteiger charge is 2.33. The van der Waals surface area contributed by atoms with E-state index in [1.54, 1.807) is 23.1 Å². The van der Waals surface area contributed by atoms with Crippen LogP contribution in [0.5, 0.6) is 0 Å². The van der Waals surface area contributed by atoms with Crippen LogP contribution < -0.4 is 0 Å². The van der Waals surface area contributed by atoms with Gasteiger partial charge in [-0.15, -0.1) is 0 Å². The number of carboxylic acid groups (broad SMARTS) is 1. The third kappa shape index (κ3) is 4.85. The summed E-state index contributed by atoms with van der Waals surface area (Å²) in [4.78, 5) is 12.7. The molecule has 1 saturated heterocycles. The zero-order valence-electron chi connectivity index (χ0n) is 11.1. The van der Waals surface area contributed by atoms with Gasteiger partial charge in [0.25, 0.3) is 0 Å². The zero-order valence-corrected chi connectivity index (χ0v) is 13.5. The molecule has 0 spiro atoms. The van der Waals surface area contributed by atoms with Gasteiger partial charge in [0.05, 0.1) is 18.1 Å². The molecule has 1 N–H and O–H groups in total. The maximum absolute atomic E-state index is 11.6. The number of sulfone groups is 1. The smallest absolute Gasteiger partial charge is 0.317 e. The van der Waals surface area contributed by atoms with Crippen molar-refractivity contribution in [3.63, 3.8) is 0 Å². The molecule has 116 valence electrons. The van der Waals surface area contributed by atoms with Gasteiger partial charge in [0.1, 0.15) is 0 Å². The number of hydrogen-bond donors (Lipinski definition) is 1. The largest absolute Gasteiger partial charge is 0.480 e. The third-order valence-electron chi connectivity index (χ3n) is 3.37. The van der Waals surface area contributed by atoms with Crippen molar-refractivity contribution >= 4 is 39.0 Å². The normalized spacial score (nSPS) is 20.8. The van der Waals surface area contributed by atoms with Crippen LogP contribution >= 0.6 is 23.2 Å². The third-order valence-corrected chi connectivity index (χ3v) is 5.56. The Kier molecular flexibility index (Phi) is 5.14. The summed E-state index contributed by atoms with van der Waals surface area (Å²) < 4.78 is 23.2. The van der Waals surface area contributed by atoms with Gasteiger partial charge in [-0.1, -0.05) is 23.2 Å². The van der Waals surface area contributed by atoms with Crippen LogP contribution in [0.3, 0.4) is 0 Å². The van der Waals surface area contributed by atoms with Crippen molar-refractivity contribution in [1.82, 2.24) is 4.90 Å². The lowest BCUT2D eigenvalue weighted by Crippen LogP contribution is -2.39. The number of rotatable bonds is 5. The lowest BCUT2D eigenvalue weighted by Gasteiger charge is -2.26. The minimum atomic E-state index is -3.07. The van der Waals surface area contributed by atoms with Crippen LogP contribution in [0.1, 0.15) is 12.0 Å². The number of carbonyl (C=O) groups is 1. The molecule has 0 amide bonds. The van der Waals surface area contributed by atoms with Crippen LogP contribution in [0.25, 0.3) is 0 Å². The molecule has 0 aromatic heterocycles. The molecule has 0 aliphatic carbocycles. The number of carboxylic acids is 1. The van der Waals surface area contributed by atoms with Crippen molar-refractivity contribution in [2.24, 2.45) is 0 Å². The van der Waals surface area contributed by atoms with E-state index in [0.717, 1.165) is 5.56 Å². The molecule has 1 unspecified atom stereocenters. The Morgan fingerprint density at radius 3 is 2.38 bits per heavy atom. The van der Waals surface area contributed by atoms with E-state index in [4.69, 9.17) is 28.3 Å². The number of benzene rings is 1. The highest BCUT2D eigenvalue weighted by molar-refractivity contribution is 7.91. The van der Waals surface area contributed by atoms with E-state index < -0.39 is 15.8 Å². The first-order chi connectivity index (χ1) is 9.75.